The molecule has 2 amide bonds. The Balaban J connectivity index is 1.12. The number of benzene rings is 1. The van der Waals surface area contributed by atoms with Crippen LogP contribution in [0, 0.1) is 5.92 Å². The van der Waals surface area contributed by atoms with E-state index >= 15 is 0 Å². The molecule has 2 aromatic rings. The first-order valence-electron chi connectivity index (χ1n) is 9.54. The maximum atomic E-state index is 12.6. The molecule has 0 unspecified atom stereocenters. The van der Waals surface area contributed by atoms with Gasteiger partial charge >= 0.3 is 6.03 Å². The summed E-state index contributed by atoms with van der Waals surface area (Å²) >= 11 is 0. The van der Waals surface area contributed by atoms with Crippen LogP contribution in [-0.2, 0) is 13.0 Å². The lowest BCUT2D eigenvalue weighted by atomic mass is 10.1. The van der Waals surface area contributed by atoms with Crippen LogP contribution in [0.15, 0.2) is 48.8 Å². The number of piperazine rings is 1. The fourth-order valence-corrected chi connectivity index (χ4v) is 4.64. The Morgan fingerprint density at radius 2 is 1.85 bits per heavy atom. The molecule has 0 radical (unpaired) electrons. The van der Waals surface area contributed by atoms with Crippen LogP contribution in [0.1, 0.15) is 22.6 Å². The molecule has 0 spiro atoms. The number of fused-ring (bicyclic) bond motifs is 3. The van der Waals surface area contributed by atoms with Crippen LogP contribution in [-0.4, -0.2) is 53.0 Å². The standard InChI is InChI=1S/C21H24N4O/c26-21(23-20-18-13-16-3-1-2-4-17(16)19(18)20)25-11-9-24(10-12-25)14-15-5-7-22-8-6-15/h1-8,18-20H,9-14H2,(H,23,26)/t18-,19+,20+/m0/s1. The molecule has 1 N–H and O–H groups in total. The van der Waals surface area contributed by atoms with Crippen LogP contribution >= 0.6 is 0 Å². The summed E-state index contributed by atoms with van der Waals surface area (Å²) in [7, 11) is 0. The summed E-state index contributed by atoms with van der Waals surface area (Å²) in [5.41, 5.74) is 4.20. The normalized spacial score (nSPS) is 26.9. The van der Waals surface area contributed by atoms with Gasteiger partial charge in [-0.1, -0.05) is 24.3 Å². The first kappa shape index (κ1) is 15.8. The van der Waals surface area contributed by atoms with Crippen molar-refractivity contribution < 1.29 is 4.79 Å². The fraction of sp³-hybridized carbons (Fsp3) is 0.429. The van der Waals surface area contributed by atoms with Crippen LogP contribution < -0.4 is 5.32 Å². The SMILES string of the molecule is O=C(N[C@@H]1[C@H]2Cc3ccccc3[C@H]21)N1CCN(Cc2ccncc2)CC1. The third-order valence-electron chi connectivity index (χ3n) is 6.14. The Labute approximate surface area is 154 Å². The van der Waals surface area contributed by atoms with Crippen LogP contribution in [0.5, 0.6) is 0 Å². The minimum atomic E-state index is 0.116. The maximum Gasteiger partial charge on any atom is 0.317 e. The van der Waals surface area contributed by atoms with Gasteiger partial charge in [0.05, 0.1) is 0 Å². The lowest BCUT2D eigenvalue weighted by Crippen LogP contribution is -2.52. The minimum Gasteiger partial charge on any atom is -0.334 e. The highest BCUT2D eigenvalue weighted by atomic mass is 16.2. The highest BCUT2D eigenvalue weighted by Gasteiger charge is 2.56. The molecule has 1 saturated carbocycles. The lowest BCUT2D eigenvalue weighted by molar-refractivity contribution is 0.134. The number of hydrogen-bond acceptors (Lipinski definition) is 3. The van der Waals surface area contributed by atoms with Gasteiger partial charge in [-0.15, -0.1) is 0 Å². The lowest BCUT2D eigenvalue weighted by Gasteiger charge is -2.34. The van der Waals surface area contributed by atoms with Crippen molar-refractivity contribution in [3.05, 3.63) is 65.5 Å². The Morgan fingerprint density at radius 3 is 2.65 bits per heavy atom. The Morgan fingerprint density at radius 1 is 1.08 bits per heavy atom. The number of pyridine rings is 1. The van der Waals surface area contributed by atoms with Gasteiger partial charge in [-0.3, -0.25) is 9.88 Å². The molecule has 1 saturated heterocycles. The molecule has 1 aliphatic heterocycles. The molecule has 3 atom stereocenters. The zero-order valence-corrected chi connectivity index (χ0v) is 14.8. The molecule has 2 aliphatic carbocycles. The van der Waals surface area contributed by atoms with Crippen LogP contribution in [0.25, 0.3) is 0 Å². The molecule has 1 aromatic carbocycles. The second-order valence-electron chi connectivity index (χ2n) is 7.69. The summed E-state index contributed by atoms with van der Waals surface area (Å²) in [6, 6.07) is 13.2. The van der Waals surface area contributed by atoms with Crippen LogP contribution in [0.3, 0.4) is 0 Å². The predicted molar refractivity (Wildman–Crippen MR) is 99.8 cm³/mol. The van der Waals surface area contributed by atoms with E-state index < -0.39 is 0 Å². The Hall–Kier alpha value is -2.40. The van der Waals surface area contributed by atoms with E-state index in [-0.39, 0.29) is 6.03 Å². The largest absolute Gasteiger partial charge is 0.334 e. The van der Waals surface area contributed by atoms with Crippen molar-refractivity contribution in [3.63, 3.8) is 0 Å². The highest BCUT2D eigenvalue weighted by Crippen LogP contribution is 2.56. The number of nitrogens with one attached hydrogen (secondary N) is 1. The molecular weight excluding hydrogens is 324 g/mol. The Kier molecular flexibility index (Phi) is 3.89. The monoisotopic (exact) mass is 348 g/mol. The van der Waals surface area contributed by atoms with Gasteiger partial charge in [-0.05, 0) is 41.2 Å². The van der Waals surface area contributed by atoms with Crippen molar-refractivity contribution in [3.8, 4) is 0 Å². The van der Waals surface area contributed by atoms with Crippen LogP contribution in [0.2, 0.25) is 0 Å². The van der Waals surface area contributed by atoms with Gasteiger partial charge in [0, 0.05) is 57.1 Å². The summed E-state index contributed by atoms with van der Waals surface area (Å²) in [4.78, 5) is 21.1. The van der Waals surface area contributed by atoms with Gasteiger partial charge in [0.15, 0.2) is 0 Å². The van der Waals surface area contributed by atoms with Gasteiger partial charge in [-0.2, -0.15) is 0 Å². The van der Waals surface area contributed by atoms with Gasteiger partial charge in [0.25, 0.3) is 0 Å². The number of carbonyl (C=O) groups excluding carboxylic acids is 1. The molecule has 2 fully saturated rings. The average molecular weight is 348 g/mol. The molecule has 5 nitrogen and oxygen atoms in total. The van der Waals surface area contributed by atoms with E-state index in [1.807, 2.05) is 17.3 Å². The third kappa shape index (κ3) is 2.86. The first-order chi connectivity index (χ1) is 12.8. The predicted octanol–water partition coefficient (Wildman–Crippen LogP) is 2.25. The van der Waals surface area contributed by atoms with Gasteiger partial charge < -0.3 is 10.2 Å². The van der Waals surface area contributed by atoms with Crippen molar-refractivity contribution in [2.45, 2.75) is 24.9 Å². The molecule has 134 valence electrons. The van der Waals surface area contributed by atoms with E-state index in [9.17, 15) is 4.79 Å². The number of urea groups is 1. The highest BCUT2D eigenvalue weighted by molar-refractivity contribution is 5.75. The molecule has 2 heterocycles. The molecule has 3 aliphatic rings. The van der Waals surface area contributed by atoms with Crippen LogP contribution in [0.4, 0.5) is 4.79 Å². The van der Waals surface area contributed by atoms with Gasteiger partial charge in [0.1, 0.15) is 0 Å². The molecular formula is C21H24N4O. The molecule has 5 heteroatoms. The van der Waals surface area contributed by atoms with Crippen molar-refractivity contribution >= 4 is 6.03 Å². The number of amides is 2. The zero-order chi connectivity index (χ0) is 17.5. The quantitative estimate of drug-likeness (QED) is 0.925. The molecule has 1 aromatic heterocycles. The second-order valence-corrected chi connectivity index (χ2v) is 7.69. The summed E-state index contributed by atoms with van der Waals surface area (Å²) in [6.45, 7) is 4.39. The van der Waals surface area contributed by atoms with Crippen molar-refractivity contribution in [1.82, 2.24) is 20.1 Å². The smallest absolute Gasteiger partial charge is 0.317 e. The number of hydrogen-bond donors (Lipinski definition) is 1. The van der Waals surface area contributed by atoms with E-state index in [0.717, 1.165) is 39.1 Å². The number of nitrogens with zero attached hydrogens (tertiary/aromatic N) is 3. The molecule has 26 heavy (non-hydrogen) atoms. The second kappa shape index (κ2) is 6.40. The molecule has 5 rings (SSSR count). The number of rotatable bonds is 3. The average Bonchev–Trinajstić information content (AvgIpc) is 3.19. The van der Waals surface area contributed by atoms with E-state index in [1.54, 1.807) is 0 Å². The van der Waals surface area contributed by atoms with E-state index in [2.05, 4.69) is 51.6 Å². The Bertz CT molecular complexity index is 801. The molecule has 0 bridgehead atoms. The van der Waals surface area contributed by atoms with Gasteiger partial charge in [0.2, 0.25) is 0 Å². The topological polar surface area (TPSA) is 48.5 Å². The summed E-state index contributed by atoms with van der Waals surface area (Å²) < 4.78 is 0. The maximum absolute atomic E-state index is 12.6. The first-order valence-corrected chi connectivity index (χ1v) is 9.54. The van der Waals surface area contributed by atoms with E-state index in [1.165, 1.54) is 16.7 Å². The van der Waals surface area contributed by atoms with Gasteiger partial charge in [-0.25, -0.2) is 4.79 Å². The fourth-order valence-electron chi connectivity index (χ4n) is 4.64. The summed E-state index contributed by atoms with van der Waals surface area (Å²) in [6.07, 6.45) is 4.79. The van der Waals surface area contributed by atoms with Crippen molar-refractivity contribution in [2.24, 2.45) is 5.92 Å². The minimum absolute atomic E-state index is 0.116. The third-order valence-corrected chi connectivity index (χ3v) is 6.14. The van der Waals surface area contributed by atoms with E-state index in [4.69, 9.17) is 0 Å². The summed E-state index contributed by atoms with van der Waals surface area (Å²) in [5.74, 6) is 1.16. The summed E-state index contributed by atoms with van der Waals surface area (Å²) in [5, 5.41) is 3.29. The number of aromatic nitrogens is 1. The van der Waals surface area contributed by atoms with Crippen molar-refractivity contribution in [2.75, 3.05) is 26.2 Å². The van der Waals surface area contributed by atoms with Crippen molar-refractivity contribution in [1.29, 1.82) is 0 Å². The van der Waals surface area contributed by atoms with E-state index in [0.29, 0.717) is 17.9 Å². The number of carbonyl (C=O) groups is 1. The zero-order valence-electron chi connectivity index (χ0n) is 14.8.